The van der Waals surface area contributed by atoms with Crippen LogP contribution in [0.25, 0.3) is 0 Å². The quantitative estimate of drug-likeness (QED) is 0.772. The molecule has 154 valence electrons. The molecule has 0 bridgehead atoms. The van der Waals surface area contributed by atoms with Gasteiger partial charge < -0.3 is 5.11 Å². The van der Waals surface area contributed by atoms with Crippen LogP contribution in [0.1, 0.15) is 57.1 Å². The maximum absolute atomic E-state index is 12.6. The summed E-state index contributed by atoms with van der Waals surface area (Å²) >= 11 is 0. The lowest BCUT2D eigenvalue weighted by Gasteiger charge is -2.36. The number of nitriles is 1. The highest BCUT2D eigenvalue weighted by Crippen LogP contribution is 2.35. The minimum atomic E-state index is -0.802. The lowest BCUT2D eigenvalue weighted by atomic mass is 9.71. The minimum absolute atomic E-state index is 0.0454. The van der Waals surface area contributed by atoms with Gasteiger partial charge in [-0.1, -0.05) is 26.0 Å². The standard InChI is InChI=1S/C23H28N2O4/c1-14-7-15(2)23(29)19(8-14)20(26)9-18-10-21(27)25(22(28)11-18)13-17-5-3-16(12-24)4-6-17/h3-6,14-15,18-20,26H,7-11,13H2,1-2H3/t14?,15-,19?,20+/m0/s1. The first-order valence-electron chi connectivity index (χ1n) is 10.3. The number of hydrogen-bond acceptors (Lipinski definition) is 5. The minimum Gasteiger partial charge on any atom is -0.392 e. The van der Waals surface area contributed by atoms with E-state index in [4.69, 9.17) is 5.26 Å². The number of benzene rings is 1. The number of carbonyl (C=O) groups is 3. The summed E-state index contributed by atoms with van der Waals surface area (Å²) < 4.78 is 0. The summed E-state index contributed by atoms with van der Waals surface area (Å²) in [5.74, 6) is -0.681. The average Bonchev–Trinajstić information content (AvgIpc) is 2.68. The molecule has 1 aromatic carbocycles. The number of aliphatic hydroxyl groups excluding tert-OH is 1. The second kappa shape index (κ2) is 8.87. The fraction of sp³-hybridized carbons (Fsp3) is 0.565. The summed E-state index contributed by atoms with van der Waals surface area (Å²) in [4.78, 5) is 38.9. The van der Waals surface area contributed by atoms with Gasteiger partial charge in [0, 0.05) is 24.7 Å². The number of ketones is 1. The zero-order valence-electron chi connectivity index (χ0n) is 17.0. The van der Waals surface area contributed by atoms with Crippen molar-refractivity contribution in [1.29, 1.82) is 5.26 Å². The summed E-state index contributed by atoms with van der Waals surface area (Å²) in [5.41, 5.74) is 1.32. The van der Waals surface area contributed by atoms with E-state index >= 15 is 0 Å². The molecule has 1 aliphatic heterocycles. The number of carbonyl (C=O) groups excluding carboxylic acids is 3. The molecule has 0 aromatic heterocycles. The van der Waals surface area contributed by atoms with Crippen LogP contribution in [0.2, 0.25) is 0 Å². The fourth-order valence-electron chi connectivity index (χ4n) is 4.72. The number of Topliss-reactive ketones (excluding diaryl/α,β-unsaturated/α-hetero) is 1. The van der Waals surface area contributed by atoms with Gasteiger partial charge >= 0.3 is 0 Å². The average molecular weight is 396 g/mol. The van der Waals surface area contributed by atoms with Crippen LogP contribution in [0.3, 0.4) is 0 Å². The van der Waals surface area contributed by atoms with Gasteiger partial charge in [-0.05, 0) is 48.8 Å². The Labute approximate surface area is 171 Å². The van der Waals surface area contributed by atoms with Gasteiger partial charge in [-0.25, -0.2) is 0 Å². The van der Waals surface area contributed by atoms with E-state index in [0.717, 1.165) is 12.0 Å². The van der Waals surface area contributed by atoms with E-state index in [1.165, 1.54) is 4.90 Å². The molecule has 6 nitrogen and oxygen atoms in total. The third kappa shape index (κ3) is 4.91. The molecule has 2 aliphatic rings. The van der Waals surface area contributed by atoms with Crippen LogP contribution >= 0.6 is 0 Å². The molecule has 1 aliphatic carbocycles. The highest BCUT2D eigenvalue weighted by atomic mass is 16.3. The van der Waals surface area contributed by atoms with Crippen molar-refractivity contribution in [3.05, 3.63) is 35.4 Å². The Kier molecular flexibility index (Phi) is 6.49. The molecule has 4 atom stereocenters. The Morgan fingerprint density at radius 2 is 1.72 bits per heavy atom. The molecule has 2 amide bonds. The van der Waals surface area contributed by atoms with E-state index in [1.54, 1.807) is 24.3 Å². The van der Waals surface area contributed by atoms with Gasteiger partial charge in [0.1, 0.15) is 5.78 Å². The van der Waals surface area contributed by atoms with E-state index in [-0.39, 0.29) is 48.8 Å². The number of likely N-dealkylation sites (tertiary alicyclic amines) is 1. The molecular weight excluding hydrogens is 368 g/mol. The predicted molar refractivity (Wildman–Crippen MR) is 106 cm³/mol. The van der Waals surface area contributed by atoms with Crippen LogP contribution < -0.4 is 0 Å². The number of hydrogen-bond donors (Lipinski definition) is 1. The molecule has 1 aromatic rings. The molecule has 0 spiro atoms. The Morgan fingerprint density at radius 3 is 2.31 bits per heavy atom. The molecule has 1 saturated heterocycles. The van der Waals surface area contributed by atoms with E-state index in [9.17, 15) is 19.5 Å². The number of amides is 2. The van der Waals surface area contributed by atoms with Crippen LogP contribution in [0.15, 0.2) is 24.3 Å². The van der Waals surface area contributed by atoms with Gasteiger partial charge in [0.25, 0.3) is 0 Å². The first-order chi connectivity index (χ1) is 13.8. The molecule has 3 rings (SSSR count). The Hall–Kier alpha value is -2.52. The van der Waals surface area contributed by atoms with Crippen molar-refractivity contribution < 1.29 is 19.5 Å². The highest BCUT2D eigenvalue weighted by molar-refractivity contribution is 5.97. The van der Waals surface area contributed by atoms with Crippen LogP contribution in [-0.4, -0.2) is 33.7 Å². The maximum atomic E-state index is 12.6. The monoisotopic (exact) mass is 396 g/mol. The normalized spacial score (nSPS) is 27.0. The molecule has 0 radical (unpaired) electrons. The third-order valence-corrected chi connectivity index (χ3v) is 6.26. The third-order valence-electron chi connectivity index (χ3n) is 6.26. The van der Waals surface area contributed by atoms with Crippen LogP contribution in [0.4, 0.5) is 0 Å². The highest BCUT2D eigenvalue weighted by Gasteiger charge is 2.39. The van der Waals surface area contributed by atoms with Crippen molar-refractivity contribution >= 4 is 17.6 Å². The number of imide groups is 1. The first kappa shape index (κ1) is 21.2. The zero-order valence-corrected chi connectivity index (χ0v) is 17.0. The fourth-order valence-corrected chi connectivity index (χ4v) is 4.72. The largest absolute Gasteiger partial charge is 0.392 e. The van der Waals surface area contributed by atoms with Crippen molar-refractivity contribution in [2.75, 3.05) is 0 Å². The second-order valence-corrected chi connectivity index (χ2v) is 8.75. The van der Waals surface area contributed by atoms with Crippen LogP contribution in [-0.2, 0) is 20.9 Å². The molecule has 1 saturated carbocycles. The summed E-state index contributed by atoms with van der Waals surface area (Å²) in [7, 11) is 0. The molecule has 1 N–H and O–H groups in total. The van der Waals surface area contributed by atoms with Crippen molar-refractivity contribution in [2.45, 2.75) is 58.6 Å². The summed E-state index contributed by atoms with van der Waals surface area (Å²) in [6, 6.07) is 8.85. The van der Waals surface area contributed by atoms with Gasteiger partial charge in [-0.3, -0.25) is 19.3 Å². The molecule has 2 unspecified atom stereocenters. The lowest BCUT2D eigenvalue weighted by Crippen LogP contribution is -2.44. The molecule has 2 fully saturated rings. The second-order valence-electron chi connectivity index (χ2n) is 8.75. The van der Waals surface area contributed by atoms with Crippen molar-refractivity contribution in [3.8, 4) is 6.07 Å². The van der Waals surface area contributed by atoms with E-state index < -0.39 is 12.0 Å². The number of nitrogens with zero attached hydrogens (tertiary/aromatic N) is 2. The van der Waals surface area contributed by atoms with Crippen molar-refractivity contribution in [2.24, 2.45) is 23.7 Å². The summed E-state index contributed by atoms with van der Waals surface area (Å²) in [5, 5.41) is 19.5. The Morgan fingerprint density at radius 1 is 1.10 bits per heavy atom. The summed E-state index contributed by atoms with van der Waals surface area (Å²) in [6.45, 7) is 4.19. The Balaban J connectivity index is 1.59. The molecule has 29 heavy (non-hydrogen) atoms. The van der Waals surface area contributed by atoms with Gasteiger partial charge in [-0.15, -0.1) is 0 Å². The van der Waals surface area contributed by atoms with Gasteiger partial charge in [0.05, 0.1) is 24.3 Å². The maximum Gasteiger partial charge on any atom is 0.229 e. The number of rotatable bonds is 5. The Bertz CT molecular complexity index is 808. The number of aliphatic hydroxyl groups is 1. The van der Waals surface area contributed by atoms with E-state index in [1.807, 2.05) is 13.0 Å². The molecular formula is C23H28N2O4. The van der Waals surface area contributed by atoms with Crippen molar-refractivity contribution in [1.82, 2.24) is 4.90 Å². The first-order valence-corrected chi connectivity index (χ1v) is 10.3. The SMILES string of the molecule is CC1CC([C@H](O)CC2CC(=O)N(Cc3ccc(C#N)cc3)C(=O)C2)C(=O)[C@@H](C)C1. The number of piperidine rings is 1. The van der Waals surface area contributed by atoms with E-state index in [2.05, 4.69) is 6.92 Å². The van der Waals surface area contributed by atoms with E-state index in [0.29, 0.717) is 24.3 Å². The lowest BCUT2D eigenvalue weighted by molar-refractivity contribution is -0.151. The topological polar surface area (TPSA) is 98.5 Å². The van der Waals surface area contributed by atoms with Gasteiger partial charge in [0.15, 0.2) is 0 Å². The van der Waals surface area contributed by atoms with Crippen molar-refractivity contribution in [3.63, 3.8) is 0 Å². The summed E-state index contributed by atoms with van der Waals surface area (Å²) in [6.07, 6.45) is 1.42. The van der Waals surface area contributed by atoms with Gasteiger partial charge in [0.2, 0.25) is 11.8 Å². The molecule has 1 heterocycles. The van der Waals surface area contributed by atoms with Crippen LogP contribution in [0, 0.1) is 35.0 Å². The molecule has 6 heteroatoms. The smallest absolute Gasteiger partial charge is 0.229 e. The van der Waals surface area contributed by atoms with Gasteiger partial charge in [-0.2, -0.15) is 5.26 Å². The predicted octanol–water partition coefficient (Wildman–Crippen LogP) is 2.83. The zero-order chi connectivity index (χ0) is 21.1. The van der Waals surface area contributed by atoms with Crippen LogP contribution in [0.5, 0.6) is 0 Å².